The van der Waals surface area contributed by atoms with Gasteiger partial charge in [0.2, 0.25) is 0 Å². The van der Waals surface area contributed by atoms with Gasteiger partial charge in [0.1, 0.15) is 11.4 Å². The van der Waals surface area contributed by atoms with E-state index in [2.05, 4.69) is 21.2 Å². The fraction of sp³-hybridized carbons (Fsp3) is 0.263. The number of ether oxygens (including phenoxy) is 1. The molecule has 2 aromatic rings. The maximum absolute atomic E-state index is 14.3. The highest BCUT2D eigenvalue weighted by Gasteiger charge is 2.16. The van der Waals surface area contributed by atoms with Gasteiger partial charge in [0.15, 0.2) is 6.29 Å². The number of anilines is 1. The maximum Gasteiger partial charge on any atom is 0.412 e. The SMILES string of the molecule is CC(C)(C)OC(=O)Nc1cccc(SCc2ccc(Br)c(C=O)c2F)c1. The molecule has 1 N–H and O–H groups in total. The van der Waals surface area contributed by atoms with Crippen molar-refractivity contribution in [2.24, 2.45) is 0 Å². The zero-order valence-corrected chi connectivity index (χ0v) is 17.0. The summed E-state index contributed by atoms with van der Waals surface area (Å²) in [7, 11) is 0. The lowest BCUT2D eigenvalue weighted by Gasteiger charge is -2.19. The van der Waals surface area contributed by atoms with Gasteiger partial charge >= 0.3 is 6.09 Å². The zero-order valence-electron chi connectivity index (χ0n) is 14.6. The topological polar surface area (TPSA) is 55.4 Å². The van der Waals surface area contributed by atoms with E-state index >= 15 is 0 Å². The number of hydrogen-bond acceptors (Lipinski definition) is 4. The number of carbonyl (C=O) groups is 2. The molecule has 26 heavy (non-hydrogen) atoms. The molecule has 0 aromatic heterocycles. The van der Waals surface area contributed by atoms with Gasteiger partial charge in [0.05, 0.1) is 5.56 Å². The molecule has 0 atom stereocenters. The van der Waals surface area contributed by atoms with Crippen LogP contribution in [-0.2, 0) is 10.5 Å². The van der Waals surface area contributed by atoms with E-state index in [1.54, 1.807) is 51.1 Å². The molecule has 7 heteroatoms. The maximum atomic E-state index is 14.3. The van der Waals surface area contributed by atoms with Crippen LogP contribution in [0.25, 0.3) is 0 Å². The third-order valence-electron chi connectivity index (χ3n) is 3.20. The highest BCUT2D eigenvalue weighted by atomic mass is 79.9. The van der Waals surface area contributed by atoms with Crippen molar-refractivity contribution in [1.82, 2.24) is 0 Å². The molecule has 0 saturated carbocycles. The summed E-state index contributed by atoms with van der Waals surface area (Å²) >= 11 is 4.56. The summed E-state index contributed by atoms with van der Waals surface area (Å²) in [6, 6.07) is 10.5. The minimum absolute atomic E-state index is 0.0171. The van der Waals surface area contributed by atoms with Gasteiger partial charge in [-0.15, -0.1) is 11.8 Å². The smallest absolute Gasteiger partial charge is 0.412 e. The lowest BCUT2D eigenvalue weighted by molar-refractivity contribution is 0.0635. The molecule has 0 saturated heterocycles. The highest BCUT2D eigenvalue weighted by molar-refractivity contribution is 9.10. The molecule has 0 aliphatic rings. The molecule has 2 aromatic carbocycles. The fourth-order valence-electron chi connectivity index (χ4n) is 2.08. The van der Waals surface area contributed by atoms with Crippen LogP contribution in [-0.4, -0.2) is 18.0 Å². The van der Waals surface area contributed by atoms with E-state index < -0.39 is 17.5 Å². The largest absolute Gasteiger partial charge is 0.444 e. The lowest BCUT2D eigenvalue weighted by atomic mass is 10.1. The molecule has 0 spiro atoms. The summed E-state index contributed by atoms with van der Waals surface area (Å²) in [5, 5.41) is 2.67. The standard InChI is InChI=1S/C19H19BrFNO3S/c1-19(2,3)25-18(24)22-13-5-4-6-14(9-13)26-11-12-7-8-16(20)15(10-23)17(12)21/h4-10H,11H2,1-3H3,(H,22,24). The van der Waals surface area contributed by atoms with Crippen LogP contribution in [0.1, 0.15) is 36.7 Å². The Balaban J connectivity index is 2.05. The first-order valence-electron chi connectivity index (χ1n) is 7.84. The molecule has 0 heterocycles. The average Bonchev–Trinajstić information content (AvgIpc) is 2.53. The van der Waals surface area contributed by atoms with E-state index in [-0.39, 0.29) is 5.56 Å². The van der Waals surface area contributed by atoms with Crippen LogP contribution in [0.5, 0.6) is 0 Å². The monoisotopic (exact) mass is 439 g/mol. The summed E-state index contributed by atoms with van der Waals surface area (Å²) in [5.41, 5.74) is 0.467. The third-order valence-corrected chi connectivity index (χ3v) is 4.93. The first-order valence-corrected chi connectivity index (χ1v) is 9.62. The van der Waals surface area contributed by atoms with Gasteiger partial charge in [-0.2, -0.15) is 0 Å². The Morgan fingerprint density at radius 2 is 2.04 bits per heavy atom. The van der Waals surface area contributed by atoms with Crippen LogP contribution < -0.4 is 5.32 Å². The molecule has 0 aliphatic heterocycles. The number of hydrogen-bond donors (Lipinski definition) is 1. The molecule has 0 aliphatic carbocycles. The van der Waals surface area contributed by atoms with Crippen molar-refractivity contribution in [2.45, 2.75) is 37.0 Å². The van der Waals surface area contributed by atoms with Gasteiger partial charge in [-0.3, -0.25) is 10.1 Å². The van der Waals surface area contributed by atoms with Crippen molar-refractivity contribution in [2.75, 3.05) is 5.32 Å². The van der Waals surface area contributed by atoms with Crippen LogP contribution in [0, 0.1) is 5.82 Å². The summed E-state index contributed by atoms with van der Waals surface area (Å²) in [5.74, 6) is -0.166. The molecule has 1 amide bonds. The van der Waals surface area contributed by atoms with Crippen LogP contribution in [0.3, 0.4) is 0 Å². The van der Waals surface area contributed by atoms with Crippen LogP contribution in [0.4, 0.5) is 14.9 Å². The number of aldehydes is 1. The number of nitrogens with one attached hydrogen (secondary N) is 1. The van der Waals surface area contributed by atoms with Gasteiger partial charge in [-0.25, -0.2) is 9.18 Å². The van der Waals surface area contributed by atoms with Crippen molar-refractivity contribution in [3.8, 4) is 0 Å². The average molecular weight is 440 g/mol. The van der Waals surface area contributed by atoms with Crippen molar-refractivity contribution >= 4 is 45.8 Å². The Hall–Kier alpha value is -1.86. The summed E-state index contributed by atoms with van der Waals surface area (Å²) in [6.07, 6.45) is -0.0342. The van der Waals surface area contributed by atoms with Gasteiger partial charge < -0.3 is 4.74 Å². The molecule has 138 valence electrons. The van der Waals surface area contributed by atoms with E-state index in [4.69, 9.17) is 4.74 Å². The summed E-state index contributed by atoms with van der Waals surface area (Å²) in [6.45, 7) is 5.37. The number of benzene rings is 2. The Labute approximate surface area is 164 Å². The first-order chi connectivity index (χ1) is 12.2. The second-order valence-corrected chi connectivity index (χ2v) is 8.40. The molecule has 0 fully saturated rings. The predicted molar refractivity (Wildman–Crippen MR) is 105 cm³/mol. The Kier molecular flexibility index (Phi) is 6.83. The Bertz CT molecular complexity index is 821. The molecule has 0 radical (unpaired) electrons. The first kappa shape index (κ1) is 20.5. The van der Waals surface area contributed by atoms with Crippen molar-refractivity contribution < 1.29 is 18.7 Å². The third kappa shape index (κ3) is 5.85. The minimum Gasteiger partial charge on any atom is -0.444 e. The van der Waals surface area contributed by atoms with E-state index in [1.807, 2.05) is 6.07 Å². The molecule has 4 nitrogen and oxygen atoms in total. The van der Waals surface area contributed by atoms with Crippen LogP contribution in [0.15, 0.2) is 45.8 Å². The Morgan fingerprint density at radius 3 is 2.69 bits per heavy atom. The Morgan fingerprint density at radius 1 is 1.31 bits per heavy atom. The second kappa shape index (κ2) is 8.68. The summed E-state index contributed by atoms with van der Waals surface area (Å²) < 4.78 is 19.9. The number of halogens is 2. The second-order valence-electron chi connectivity index (χ2n) is 6.50. The number of rotatable bonds is 5. The number of carbonyl (C=O) groups excluding carboxylic acids is 2. The molecule has 2 rings (SSSR count). The zero-order chi connectivity index (χ0) is 19.3. The molecule has 0 bridgehead atoms. The minimum atomic E-state index is -0.578. The lowest BCUT2D eigenvalue weighted by Crippen LogP contribution is -2.27. The number of thioether (sulfide) groups is 1. The number of amides is 1. The van der Waals surface area contributed by atoms with Gasteiger partial charge in [0.25, 0.3) is 0 Å². The van der Waals surface area contributed by atoms with Gasteiger partial charge in [-0.05, 0) is 66.5 Å². The van der Waals surface area contributed by atoms with Gasteiger partial charge in [-0.1, -0.05) is 12.1 Å². The predicted octanol–water partition coefficient (Wildman–Crippen LogP) is 6.04. The van der Waals surface area contributed by atoms with Crippen molar-refractivity contribution in [1.29, 1.82) is 0 Å². The van der Waals surface area contributed by atoms with E-state index in [1.165, 1.54) is 11.8 Å². The quantitative estimate of drug-likeness (QED) is 0.455. The molecule has 0 unspecified atom stereocenters. The van der Waals surface area contributed by atoms with Crippen molar-refractivity contribution in [3.05, 3.63) is 57.8 Å². The van der Waals surface area contributed by atoms with E-state index in [0.29, 0.717) is 27.8 Å². The molecular formula is C19H19BrFNO3S. The van der Waals surface area contributed by atoms with E-state index in [0.717, 1.165) is 4.90 Å². The molecular weight excluding hydrogens is 421 g/mol. The highest BCUT2D eigenvalue weighted by Crippen LogP contribution is 2.29. The van der Waals surface area contributed by atoms with Gasteiger partial charge in [0, 0.05) is 20.8 Å². The fourth-order valence-corrected chi connectivity index (χ4v) is 3.41. The van der Waals surface area contributed by atoms with Crippen LogP contribution >= 0.6 is 27.7 Å². The summed E-state index contributed by atoms with van der Waals surface area (Å²) in [4.78, 5) is 23.7. The normalized spacial score (nSPS) is 11.1. The van der Waals surface area contributed by atoms with E-state index in [9.17, 15) is 14.0 Å². The van der Waals surface area contributed by atoms with Crippen molar-refractivity contribution in [3.63, 3.8) is 0 Å². The van der Waals surface area contributed by atoms with Crippen LogP contribution in [0.2, 0.25) is 0 Å².